The second kappa shape index (κ2) is 5.44. The zero-order chi connectivity index (χ0) is 17.1. The van der Waals surface area contributed by atoms with Crippen molar-refractivity contribution in [1.29, 1.82) is 0 Å². The van der Waals surface area contributed by atoms with Crippen molar-refractivity contribution in [2.75, 3.05) is 6.61 Å². The Balaban J connectivity index is 1.99. The summed E-state index contributed by atoms with van der Waals surface area (Å²) in [4.78, 5) is 0. The maximum absolute atomic E-state index is 10.6. The number of ether oxygens (including phenoxy) is 1. The van der Waals surface area contributed by atoms with Gasteiger partial charge in [0.1, 0.15) is 0 Å². The summed E-state index contributed by atoms with van der Waals surface area (Å²) in [6, 6.07) is 0. The van der Waals surface area contributed by atoms with Gasteiger partial charge in [-0.2, -0.15) is 0 Å². The SMILES string of the molecule is C[C@H]1CC[C@H]2C(C)(C)[C@H](O)CC[C@]2(C)[C@@]12CC[C@@](C)(CCO)O2. The van der Waals surface area contributed by atoms with E-state index >= 15 is 0 Å². The molecule has 0 radical (unpaired) electrons. The predicted octanol–water partition coefficient (Wildman–Crippen LogP) is 3.91. The van der Waals surface area contributed by atoms with Gasteiger partial charge in [-0.3, -0.25) is 0 Å². The first-order valence-corrected chi connectivity index (χ1v) is 9.60. The molecule has 134 valence electrons. The molecule has 1 heterocycles. The molecule has 23 heavy (non-hydrogen) atoms. The second-order valence-corrected chi connectivity index (χ2v) is 9.74. The summed E-state index contributed by atoms with van der Waals surface area (Å²) in [5, 5.41) is 20.0. The lowest BCUT2D eigenvalue weighted by Gasteiger charge is -2.64. The van der Waals surface area contributed by atoms with Crippen LogP contribution in [0.2, 0.25) is 0 Å². The van der Waals surface area contributed by atoms with Gasteiger partial charge in [-0.1, -0.05) is 27.7 Å². The molecule has 3 rings (SSSR count). The quantitative estimate of drug-likeness (QED) is 0.809. The summed E-state index contributed by atoms with van der Waals surface area (Å²) in [6.07, 6.45) is 7.00. The average molecular weight is 325 g/mol. The highest BCUT2D eigenvalue weighted by molar-refractivity contribution is 5.16. The van der Waals surface area contributed by atoms with E-state index < -0.39 is 0 Å². The fourth-order valence-electron chi connectivity index (χ4n) is 6.60. The van der Waals surface area contributed by atoms with Gasteiger partial charge in [-0.15, -0.1) is 0 Å². The van der Waals surface area contributed by atoms with Crippen molar-refractivity contribution in [3.63, 3.8) is 0 Å². The molecule has 0 aromatic rings. The number of rotatable bonds is 2. The van der Waals surface area contributed by atoms with E-state index in [0.717, 1.165) is 32.1 Å². The standard InChI is InChI=1S/C20H36O3/c1-14-6-7-15-17(2,3)16(22)8-9-19(15,5)20(14)11-10-18(4,23-20)12-13-21/h14-16,21-22H,6-13H2,1-5H3/t14-,15-,16+,18-,19-,20+/m0/s1. The van der Waals surface area contributed by atoms with Gasteiger partial charge in [-0.05, 0) is 69.1 Å². The second-order valence-electron chi connectivity index (χ2n) is 9.74. The summed E-state index contributed by atoms with van der Waals surface area (Å²) in [7, 11) is 0. The Bertz CT molecular complexity index is 462. The van der Waals surface area contributed by atoms with E-state index in [4.69, 9.17) is 4.74 Å². The van der Waals surface area contributed by atoms with E-state index in [2.05, 4.69) is 34.6 Å². The van der Waals surface area contributed by atoms with Crippen LogP contribution in [0.1, 0.15) is 79.6 Å². The van der Waals surface area contributed by atoms with Gasteiger partial charge in [0, 0.05) is 12.0 Å². The molecule has 2 saturated carbocycles. The summed E-state index contributed by atoms with van der Waals surface area (Å²) in [6.45, 7) is 11.7. The maximum Gasteiger partial charge on any atom is 0.0772 e. The van der Waals surface area contributed by atoms with Crippen molar-refractivity contribution in [2.45, 2.75) is 96.9 Å². The van der Waals surface area contributed by atoms with Gasteiger partial charge in [0.05, 0.1) is 17.3 Å². The molecule has 3 nitrogen and oxygen atoms in total. The molecule has 2 aliphatic carbocycles. The maximum atomic E-state index is 10.6. The van der Waals surface area contributed by atoms with Crippen molar-refractivity contribution in [3.05, 3.63) is 0 Å². The van der Waals surface area contributed by atoms with Crippen LogP contribution in [0.15, 0.2) is 0 Å². The highest BCUT2D eigenvalue weighted by atomic mass is 16.5. The molecule has 1 aliphatic heterocycles. The van der Waals surface area contributed by atoms with E-state index in [9.17, 15) is 10.2 Å². The summed E-state index contributed by atoms with van der Waals surface area (Å²) >= 11 is 0. The highest BCUT2D eigenvalue weighted by Crippen LogP contribution is 2.67. The Morgan fingerprint density at radius 2 is 1.70 bits per heavy atom. The molecular formula is C20H36O3. The molecule has 1 spiro atoms. The van der Waals surface area contributed by atoms with E-state index in [-0.39, 0.29) is 34.7 Å². The number of aliphatic hydroxyl groups is 2. The van der Waals surface area contributed by atoms with Gasteiger partial charge in [-0.25, -0.2) is 0 Å². The van der Waals surface area contributed by atoms with Crippen LogP contribution in [-0.4, -0.2) is 34.1 Å². The van der Waals surface area contributed by atoms with Crippen LogP contribution >= 0.6 is 0 Å². The normalized spacial score (nSPS) is 52.6. The molecule has 0 aromatic heterocycles. The third-order valence-corrected chi connectivity index (χ3v) is 8.21. The Labute approximate surface area is 141 Å². The predicted molar refractivity (Wildman–Crippen MR) is 92.2 cm³/mol. The fraction of sp³-hybridized carbons (Fsp3) is 1.00. The fourth-order valence-corrected chi connectivity index (χ4v) is 6.60. The molecule has 0 amide bonds. The molecule has 6 atom stereocenters. The minimum absolute atomic E-state index is 0.0422. The topological polar surface area (TPSA) is 49.7 Å². The van der Waals surface area contributed by atoms with Crippen LogP contribution in [0.25, 0.3) is 0 Å². The monoisotopic (exact) mass is 324 g/mol. The van der Waals surface area contributed by atoms with Crippen LogP contribution in [0, 0.1) is 22.7 Å². The van der Waals surface area contributed by atoms with Crippen LogP contribution in [0.4, 0.5) is 0 Å². The van der Waals surface area contributed by atoms with Crippen LogP contribution < -0.4 is 0 Å². The first-order valence-electron chi connectivity index (χ1n) is 9.60. The average Bonchev–Trinajstić information content (AvgIpc) is 2.81. The van der Waals surface area contributed by atoms with Crippen molar-refractivity contribution in [1.82, 2.24) is 0 Å². The van der Waals surface area contributed by atoms with E-state index in [1.54, 1.807) is 0 Å². The Hall–Kier alpha value is -0.120. The first-order chi connectivity index (χ1) is 10.6. The Morgan fingerprint density at radius 3 is 2.35 bits per heavy atom. The van der Waals surface area contributed by atoms with E-state index in [1.807, 2.05) is 0 Å². The van der Waals surface area contributed by atoms with Gasteiger partial charge in [0.15, 0.2) is 0 Å². The van der Waals surface area contributed by atoms with Gasteiger partial charge in [0.2, 0.25) is 0 Å². The number of hydrogen-bond acceptors (Lipinski definition) is 3. The van der Waals surface area contributed by atoms with E-state index in [0.29, 0.717) is 11.8 Å². The van der Waals surface area contributed by atoms with Crippen molar-refractivity contribution in [2.24, 2.45) is 22.7 Å². The minimum Gasteiger partial charge on any atom is -0.396 e. The smallest absolute Gasteiger partial charge is 0.0772 e. The summed E-state index contributed by atoms with van der Waals surface area (Å²) in [5.41, 5.74) is -0.189. The lowest BCUT2D eigenvalue weighted by Crippen LogP contribution is -2.65. The molecular weight excluding hydrogens is 288 g/mol. The molecule has 3 aliphatic rings. The lowest BCUT2D eigenvalue weighted by atomic mass is 9.44. The number of hydrogen-bond donors (Lipinski definition) is 2. The van der Waals surface area contributed by atoms with Crippen molar-refractivity contribution < 1.29 is 14.9 Å². The number of fused-ring (bicyclic) bond motifs is 2. The van der Waals surface area contributed by atoms with Crippen LogP contribution in [-0.2, 0) is 4.74 Å². The molecule has 1 saturated heterocycles. The molecule has 3 heteroatoms. The summed E-state index contributed by atoms with van der Waals surface area (Å²) in [5.74, 6) is 1.06. The van der Waals surface area contributed by atoms with Gasteiger partial charge < -0.3 is 14.9 Å². The zero-order valence-electron chi connectivity index (χ0n) is 15.7. The third-order valence-electron chi connectivity index (χ3n) is 8.21. The summed E-state index contributed by atoms with van der Waals surface area (Å²) < 4.78 is 6.89. The van der Waals surface area contributed by atoms with Gasteiger partial charge in [0.25, 0.3) is 0 Å². The Morgan fingerprint density at radius 1 is 1.00 bits per heavy atom. The molecule has 0 unspecified atom stereocenters. The third kappa shape index (κ3) is 2.33. The lowest BCUT2D eigenvalue weighted by molar-refractivity contribution is -0.259. The largest absolute Gasteiger partial charge is 0.396 e. The highest BCUT2D eigenvalue weighted by Gasteiger charge is 2.67. The van der Waals surface area contributed by atoms with Crippen molar-refractivity contribution >= 4 is 0 Å². The number of aliphatic hydroxyl groups excluding tert-OH is 2. The minimum atomic E-state index is -0.198. The van der Waals surface area contributed by atoms with E-state index in [1.165, 1.54) is 12.8 Å². The molecule has 0 aromatic carbocycles. The first kappa shape index (κ1) is 17.7. The van der Waals surface area contributed by atoms with Crippen LogP contribution in [0.5, 0.6) is 0 Å². The molecule has 0 bridgehead atoms. The zero-order valence-corrected chi connectivity index (χ0v) is 15.7. The molecule has 2 N–H and O–H groups in total. The van der Waals surface area contributed by atoms with Crippen LogP contribution in [0.3, 0.4) is 0 Å². The van der Waals surface area contributed by atoms with Crippen molar-refractivity contribution in [3.8, 4) is 0 Å². The molecule has 3 fully saturated rings. The Kier molecular flexibility index (Phi) is 4.18. The van der Waals surface area contributed by atoms with Gasteiger partial charge >= 0.3 is 0 Å².